The van der Waals surface area contributed by atoms with Gasteiger partial charge in [-0.1, -0.05) is 6.42 Å². The van der Waals surface area contributed by atoms with Gasteiger partial charge in [0.15, 0.2) is 0 Å². The SMILES string of the molecule is CC(NCC1CCCCN1C)c1ccn[nH]1. The summed E-state index contributed by atoms with van der Waals surface area (Å²) in [6.07, 6.45) is 5.84. The molecule has 16 heavy (non-hydrogen) atoms. The normalized spacial score (nSPS) is 24.5. The second-order valence-electron chi connectivity index (χ2n) is 4.77. The van der Waals surface area contributed by atoms with Crippen LogP contribution in [0.2, 0.25) is 0 Å². The minimum atomic E-state index is 0.359. The van der Waals surface area contributed by atoms with Crippen molar-refractivity contribution in [3.05, 3.63) is 18.0 Å². The van der Waals surface area contributed by atoms with Crippen LogP contribution in [0.5, 0.6) is 0 Å². The number of aromatic amines is 1. The first-order valence-electron chi connectivity index (χ1n) is 6.20. The molecule has 2 N–H and O–H groups in total. The van der Waals surface area contributed by atoms with Crippen molar-refractivity contribution >= 4 is 0 Å². The molecule has 0 aromatic carbocycles. The summed E-state index contributed by atoms with van der Waals surface area (Å²) < 4.78 is 0. The fourth-order valence-corrected chi connectivity index (χ4v) is 2.33. The molecule has 0 aliphatic carbocycles. The predicted octanol–water partition coefficient (Wildman–Crippen LogP) is 1.54. The van der Waals surface area contributed by atoms with Crippen LogP contribution in [0.15, 0.2) is 12.3 Å². The summed E-state index contributed by atoms with van der Waals surface area (Å²) in [5.41, 5.74) is 1.17. The van der Waals surface area contributed by atoms with Gasteiger partial charge in [0.2, 0.25) is 0 Å². The third-order valence-electron chi connectivity index (χ3n) is 3.57. The Morgan fingerprint density at radius 3 is 3.19 bits per heavy atom. The van der Waals surface area contributed by atoms with Gasteiger partial charge in [-0.05, 0) is 39.4 Å². The molecule has 0 amide bonds. The van der Waals surface area contributed by atoms with E-state index in [1.165, 1.54) is 31.5 Å². The van der Waals surface area contributed by atoms with Crippen molar-refractivity contribution in [1.82, 2.24) is 20.4 Å². The molecule has 90 valence electrons. The molecular weight excluding hydrogens is 200 g/mol. The Balaban J connectivity index is 1.78. The maximum Gasteiger partial charge on any atom is 0.0518 e. The fraction of sp³-hybridized carbons (Fsp3) is 0.750. The summed E-state index contributed by atoms with van der Waals surface area (Å²) in [6, 6.07) is 3.08. The molecule has 2 rings (SSSR count). The molecule has 2 atom stereocenters. The van der Waals surface area contributed by atoms with Crippen LogP contribution in [0.4, 0.5) is 0 Å². The summed E-state index contributed by atoms with van der Waals surface area (Å²) in [4.78, 5) is 2.47. The molecule has 4 heteroatoms. The summed E-state index contributed by atoms with van der Waals surface area (Å²) in [6.45, 7) is 4.48. The highest BCUT2D eigenvalue weighted by molar-refractivity contribution is 5.03. The minimum absolute atomic E-state index is 0.359. The number of likely N-dealkylation sites (tertiary alicyclic amines) is 1. The number of hydrogen-bond donors (Lipinski definition) is 2. The minimum Gasteiger partial charge on any atom is -0.307 e. The van der Waals surface area contributed by atoms with Crippen LogP contribution < -0.4 is 5.32 Å². The van der Waals surface area contributed by atoms with Crippen LogP contribution in [-0.4, -0.2) is 41.3 Å². The van der Waals surface area contributed by atoms with E-state index in [1.54, 1.807) is 6.20 Å². The highest BCUT2D eigenvalue weighted by Crippen LogP contribution is 2.15. The summed E-state index contributed by atoms with van der Waals surface area (Å²) in [5, 5.41) is 10.6. The summed E-state index contributed by atoms with van der Waals surface area (Å²) in [5.74, 6) is 0. The third kappa shape index (κ3) is 2.83. The second-order valence-corrected chi connectivity index (χ2v) is 4.77. The molecule has 0 spiro atoms. The molecule has 1 aromatic rings. The largest absolute Gasteiger partial charge is 0.307 e. The molecule has 1 aliphatic rings. The van der Waals surface area contributed by atoms with Crippen LogP contribution in [0, 0.1) is 0 Å². The van der Waals surface area contributed by atoms with Crippen LogP contribution in [-0.2, 0) is 0 Å². The van der Waals surface area contributed by atoms with Gasteiger partial charge in [0.05, 0.1) is 5.69 Å². The van der Waals surface area contributed by atoms with E-state index < -0.39 is 0 Å². The average Bonchev–Trinajstić information content (AvgIpc) is 2.81. The fourth-order valence-electron chi connectivity index (χ4n) is 2.33. The molecule has 0 bridgehead atoms. The summed E-state index contributed by atoms with van der Waals surface area (Å²) in [7, 11) is 2.23. The lowest BCUT2D eigenvalue weighted by Crippen LogP contribution is -2.43. The maximum atomic E-state index is 3.98. The number of piperidine rings is 1. The van der Waals surface area contributed by atoms with Crippen molar-refractivity contribution in [2.75, 3.05) is 20.1 Å². The smallest absolute Gasteiger partial charge is 0.0518 e. The Morgan fingerprint density at radius 1 is 1.62 bits per heavy atom. The molecule has 1 aromatic heterocycles. The van der Waals surface area contributed by atoms with E-state index in [0.717, 1.165) is 6.54 Å². The van der Waals surface area contributed by atoms with Gasteiger partial charge in [0.25, 0.3) is 0 Å². The van der Waals surface area contributed by atoms with Crippen LogP contribution in [0.1, 0.15) is 37.9 Å². The lowest BCUT2D eigenvalue weighted by Gasteiger charge is -2.33. The molecule has 4 nitrogen and oxygen atoms in total. The lowest BCUT2D eigenvalue weighted by atomic mass is 10.0. The van der Waals surface area contributed by atoms with Crippen molar-refractivity contribution in [3.63, 3.8) is 0 Å². The van der Waals surface area contributed by atoms with Gasteiger partial charge in [-0.15, -0.1) is 0 Å². The molecule has 0 saturated carbocycles. The average molecular weight is 222 g/mol. The summed E-state index contributed by atoms with van der Waals surface area (Å²) >= 11 is 0. The van der Waals surface area contributed by atoms with Gasteiger partial charge >= 0.3 is 0 Å². The van der Waals surface area contributed by atoms with Crippen LogP contribution in [0.25, 0.3) is 0 Å². The van der Waals surface area contributed by atoms with Crippen molar-refractivity contribution in [2.45, 2.75) is 38.3 Å². The number of likely N-dealkylation sites (N-methyl/N-ethyl adjacent to an activating group) is 1. The van der Waals surface area contributed by atoms with Crippen molar-refractivity contribution in [2.24, 2.45) is 0 Å². The van der Waals surface area contributed by atoms with E-state index in [-0.39, 0.29) is 0 Å². The Bertz CT molecular complexity index is 296. The maximum absolute atomic E-state index is 3.98. The Kier molecular flexibility index (Phi) is 3.96. The van der Waals surface area contributed by atoms with Gasteiger partial charge in [-0.25, -0.2) is 0 Å². The molecule has 0 radical (unpaired) electrons. The van der Waals surface area contributed by atoms with E-state index in [1.807, 2.05) is 6.07 Å². The van der Waals surface area contributed by atoms with E-state index in [0.29, 0.717) is 12.1 Å². The highest BCUT2D eigenvalue weighted by atomic mass is 15.2. The number of aromatic nitrogens is 2. The van der Waals surface area contributed by atoms with Gasteiger partial charge in [0.1, 0.15) is 0 Å². The van der Waals surface area contributed by atoms with Crippen molar-refractivity contribution < 1.29 is 0 Å². The quantitative estimate of drug-likeness (QED) is 0.812. The lowest BCUT2D eigenvalue weighted by molar-refractivity contribution is 0.178. The first-order chi connectivity index (χ1) is 7.77. The molecule has 2 heterocycles. The van der Waals surface area contributed by atoms with Crippen LogP contribution in [0.3, 0.4) is 0 Å². The van der Waals surface area contributed by atoms with Gasteiger partial charge in [-0.3, -0.25) is 5.10 Å². The zero-order valence-corrected chi connectivity index (χ0v) is 10.2. The monoisotopic (exact) mass is 222 g/mol. The number of hydrogen-bond acceptors (Lipinski definition) is 3. The molecule has 1 fully saturated rings. The van der Waals surface area contributed by atoms with Gasteiger partial charge in [0, 0.05) is 24.8 Å². The Labute approximate surface area is 97.4 Å². The van der Waals surface area contributed by atoms with Crippen LogP contribution >= 0.6 is 0 Å². The topological polar surface area (TPSA) is 44.0 Å². The van der Waals surface area contributed by atoms with E-state index in [9.17, 15) is 0 Å². The first kappa shape index (κ1) is 11.6. The zero-order chi connectivity index (χ0) is 11.4. The van der Waals surface area contributed by atoms with Crippen molar-refractivity contribution in [3.8, 4) is 0 Å². The van der Waals surface area contributed by atoms with Crippen molar-refractivity contribution in [1.29, 1.82) is 0 Å². The standard InChI is InChI=1S/C12H22N4/c1-10(12-6-7-14-15-12)13-9-11-5-3-4-8-16(11)2/h6-7,10-11,13H,3-5,8-9H2,1-2H3,(H,14,15). The van der Waals surface area contributed by atoms with E-state index in [4.69, 9.17) is 0 Å². The zero-order valence-electron chi connectivity index (χ0n) is 10.2. The molecule has 1 saturated heterocycles. The number of nitrogens with zero attached hydrogens (tertiary/aromatic N) is 2. The number of H-pyrrole nitrogens is 1. The molecular formula is C12H22N4. The highest BCUT2D eigenvalue weighted by Gasteiger charge is 2.19. The number of nitrogens with one attached hydrogen (secondary N) is 2. The number of rotatable bonds is 4. The second kappa shape index (κ2) is 5.46. The van der Waals surface area contributed by atoms with Gasteiger partial charge < -0.3 is 10.2 Å². The van der Waals surface area contributed by atoms with E-state index >= 15 is 0 Å². The Hall–Kier alpha value is -0.870. The molecule has 2 unspecified atom stereocenters. The Morgan fingerprint density at radius 2 is 2.50 bits per heavy atom. The van der Waals surface area contributed by atoms with E-state index in [2.05, 4.69) is 34.4 Å². The molecule has 1 aliphatic heterocycles. The predicted molar refractivity (Wildman–Crippen MR) is 65.3 cm³/mol. The first-order valence-corrected chi connectivity index (χ1v) is 6.20. The van der Waals surface area contributed by atoms with Gasteiger partial charge in [-0.2, -0.15) is 5.10 Å². The third-order valence-corrected chi connectivity index (χ3v) is 3.57.